The molecule has 0 aliphatic heterocycles. The largest absolute Gasteiger partial charge is 0.479 e. The lowest BCUT2D eigenvalue weighted by Crippen LogP contribution is -2.00. The standard InChI is InChI=1S/C13H11N5O/c1-19-13-11(15-6-7-16-13)10-8-4-2-3-5-9(8)12(14)18-17-10/h2-7H,1H3,(H2,14,18). The molecule has 6 heteroatoms. The Bertz CT molecular complexity index is 744. The molecular formula is C13H11N5O. The summed E-state index contributed by atoms with van der Waals surface area (Å²) in [6.07, 6.45) is 3.15. The van der Waals surface area contributed by atoms with Crippen LogP contribution in [0.25, 0.3) is 22.2 Å². The van der Waals surface area contributed by atoms with Crippen LogP contribution in [0.2, 0.25) is 0 Å². The summed E-state index contributed by atoms with van der Waals surface area (Å²) in [5.41, 5.74) is 6.99. The van der Waals surface area contributed by atoms with Crippen molar-refractivity contribution in [2.45, 2.75) is 0 Å². The van der Waals surface area contributed by atoms with E-state index in [4.69, 9.17) is 10.5 Å². The van der Waals surface area contributed by atoms with Gasteiger partial charge in [-0.1, -0.05) is 24.3 Å². The highest BCUT2D eigenvalue weighted by Gasteiger charge is 2.15. The van der Waals surface area contributed by atoms with Crippen LogP contribution in [0.1, 0.15) is 0 Å². The molecule has 0 spiro atoms. The number of hydrogen-bond donors (Lipinski definition) is 1. The molecule has 0 radical (unpaired) electrons. The first-order valence-electron chi connectivity index (χ1n) is 5.67. The molecule has 3 aromatic rings. The maximum Gasteiger partial charge on any atom is 0.242 e. The number of ether oxygens (including phenoxy) is 1. The number of hydrogen-bond acceptors (Lipinski definition) is 6. The third kappa shape index (κ3) is 1.83. The van der Waals surface area contributed by atoms with E-state index in [0.29, 0.717) is 23.1 Å². The lowest BCUT2D eigenvalue weighted by Gasteiger charge is -2.08. The molecule has 1 aromatic carbocycles. The van der Waals surface area contributed by atoms with Gasteiger partial charge < -0.3 is 10.5 Å². The van der Waals surface area contributed by atoms with Gasteiger partial charge in [-0.25, -0.2) is 9.97 Å². The monoisotopic (exact) mass is 253 g/mol. The van der Waals surface area contributed by atoms with Crippen molar-refractivity contribution in [1.29, 1.82) is 0 Å². The zero-order valence-corrected chi connectivity index (χ0v) is 10.2. The van der Waals surface area contributed by atoms with Crippen LogP contribution in [0.15, 0.2) is 36.7 Å². The molecule has 94 valence electrons. The second kappa shape index (κ2) is 4.49. The van der Waals surface area contributed by atoms with Crippen molar-refractivity contribution in [3.8, 4) is 17.3 Å². The molecule has 0 saturated heterocycles. The average molecular weight is 253 g/mol. The summed E-state index contributed by atoms with van der Waals surface area (Å²) in [5.74, 6) is 0.800. The summed E-state index contributed by atoms with van der Waals surface area (Å²) in [5, 5.41) is 9.79. The summed E-state index contributed by atoms with van der Waals surface area (Å²) in [4.78, 5) is 8.39. The van der Waals surface area contributed by atoms with Crippen LogP contribution in [0.5, 0.6) is 5.88 Å². The minimum atomic E-state index is 0.391. The quantitative estimate of drug-likeness (QED) is 0.747. The summed E-state index contributed by atoms with van der Waals surface area (Å²) < 4.78 is 5.21. The van der Waals surface area contributed by atoms with E-state index in [2.05, 4.69) is 20.2 Å². The lowest BCUT2D eigenvalue weighted by atomic mass is 10.1. The number of fused-ring (bicyclic) bond motifs is 1. The molecule has 0 aliphatic rings. The molecule has 2 N–H and O–H groups in total. The van der Waals surface area contributed by atoms with Gasteiger partial charge in [-0.3, -0.25) is 0 Å². The van der Waals surface area contributed by atoms with E-state index < -0.39 is 0 Å². The number of methoxy groups -OCH3 is 1. The van der Waals surface area contributed by atoms with Crippen molar-refractivity contribution in [2.24, 2.45) is 0 Å². The molecule has 0 aliphatic carbocycles. The van der Waals surface area contributed by atoms with Crippen LogP contribution in [0.4, 0.5) is 5.82 Å². The highest BCUT2D eigenvalue weighted by molar-refractivity contribution is 5.99. The highest BCUT2D eigenvalue weighted by Crippen LogP contribution is 2.30. The second-order valence-electron chi connectivity index (χ2n) is 3.89. The van der Waals surface area contributed by atoms with Crippen molar-refractivity contribution in [1.82, 2.24) is 20.2 Å². The van der Waals surface area contributed by atoms with Gasteiger partial charge in [-0.15, -0.1) is 10.2 Å². The normalized spacial score (nSPS) is 10.6. The van der Waals surface area contributed by atoms with E-state index >= 15 is 0 Å². The molecule has 0 bridgehead atoms. The van der Waals surface area contributed by atoms with Gasteiger partial charge in [0.15, 0.2) is 11.5 Å². The minimum absolute atomic E-state index is 0.391. The number of rotatable bonds is 2. The Labute approximate surface area is 109 Å². The highest BCUT2D eigenvalue weighted by atomic mass is 16.5. The van der Waals surface area contributed by atoms with Crippen LogP contribution in [0, 0.1) is 0 Å². The molecule has 0 amide bonds. The predicted molar refractivity (Wildman–Crippen MR) is 71.5 cm³/mol. The molecule has 0 unspecified atom stereocenters. The fraction of sp³-hybridized carbons (Fsp3) is 0.0769. The van der Waals surface area contributed by atoms with Crippen LogP contribution in [0.3, 0.4) is 0 Å². The first-order valence-corrected chi connectivity index (χ1v) is 5.67. The van der Waals surface area contributed by atoms with Gasteiger partial charge >= 0.3 is 0 Å². The summed E-state index contributed by atoms with van der Waals surface area (Å²) >= 11 is 0. The van der Waals surface area contributed by atoms with Crippen LogP contribution in [-0.4, -0.2) is 27.3 Å². The fourth-order valence-corrected chi connectivity index (χ4v) is 1.94. The summed E-state index contributed by atoms with van der Waals surface area (Å²) in [6, 6.07) is 7.63. The summed E-state index contributed by atoms with van der Waals surface area (Å²) in [7, 11) is 1.54. The van der Waals surface area contributed by atoms with E-state index in [-0.39, 0.29) is 0 Å². The smallest absolute Gasteiger partial charge is 0.242 e. The molecule has 0 atom stereocenters. The lowest BCUT2D eigenvalue weighted by molar-refractivity contribution is 0.397. The molecule has 3 rings (SSSR count). The van der Waals surface area contributed by atoms with Gasteiger partial charge in [0.1, 0.15) is 5.69 Å². The molecule has 6 nitrogen and oxygen atoms in total. The van der Waals surface area contributed by atoms with Gasteiger partial charge in [-0.2, -0.15) is 0 Å². The molecule has 2 heterocycles. The van der Waals surface area contributed by atoms with Gasteiger partial charge in [0.05, 0.1) is 7.11 Å². The van der Waals surface area contributed by atoms with Gasteiger partial charge in [0.25, 0.3) is 0 Å². The maximum absolute atomic E-state index is 5.83. The number of nitrogens with zero attached hydrogens (tertiary/aromatic N) is 4. The fourth-order valence-electron chi connectivity index (χ4n) is 1.94. The average Bonchev–Trinajstić information content (AvgIpc) is 2.48. The third-order valence-electron chi connectivity index (χ3n) is 2.80. The molecule has 2 aromatic heterocycles. The number of nitrogens with two attached hydrogens (primary N) is 1. The molecule has 19 heavy (non-hydrogen) atoms. The minimum Gasteiger partial charge on any atom is -0.479 e. The van der Waals surface area contributed by atoms with Crippen LogP contribution in [-0.2, 0) is 0 Å². The SMILES string of the molecule is COc1nccnc1-c1nnc(N)c2ccccc12. The van der Waals surface area contributed by atoms with Crippen molar-refractivity contribution in [2.75, 3.05) is 12.8 Å². The number of aromatic nitrogens is 4. The van der Waals surface area contributed by atoms with E-state index in [1.54, 1.807) is 19.5 Å². The van der Waals surface area contributed by atoms with Gasteiger partial charge in [0.2, 0.25) is 5.88 Å². The zero-order chi connectivity index (χ0) is 13.2. The first-order chi connectivity index (χ1) is 9.31. The molecular weight excluding hydrogens is 242 g/mol. The second-order valence-corrected chi connectivity index (χ2v) is 3.89. The van der Waals surface area contributed by atoms with Crippen LogP contribution < -0.4 is 10.5 Å². The first kappa shape index (κ1) is 11.3. The number of anilines is 1. The van der Waals surface area contributed by atoms with Gasteiger partial charge in [0, 0.05) is 23.2 Å². The summed E-state index contributed by atoms with van der Waals surface area (Å²) in [6.45, 7) is 0. The third-order valence-corrected chi connectivity index (χ3v) is 2.80. The zero-order valence-electron chi connectivity index (χ0n) is 10.2. The van der Waals surface area contributed by atoms with E-state index in [0.717, 1.165) is 10.8 Å². The van der Waals surface area contributed by atoms with Crippen molar-refractivity contribution in [3.05, 3.63) is 36.7 Å². The Kier molecular flexibility index (Phi) is 2.68. The van der Waals surface area contributed by atoms with E-state index in [1.165, 1.54) is 0 Å². The number of nitrogen functional groups attached to an aromatic ring is 1. The Morgan fingerprint density at radius 3 is 2.47 bits per heavy atom. The van der Waals surface area contributed by atoms with Crippen molar-refractivity contribution in [3.63, 3.8) is 0 Å². The topological polar surface area (TPSA) is 86.8 Å². The Hall–Kier alpha value is -2.76. The predicted octanol–water partition coefficient (Wildman–Crippen LogP) is 1.68. The van der Waals surface area contributed by atoms with Crippen LogP contribution >= 0.6 is 0 Å². The Morgan fingerprint density at radius 2 is 1.68 bits per heavy atom. The molecule has 0 fully saturated rings. The van der Waals surface area contributed by atoms with Crippen molar-refractivity contribution >= 4 is 16.6 Å². The number of benzene rings is 1. The van der Waals surface area contributed by atoms with Gasteiger partial charge in [-0.05, 0) is 0 Å². The van der Waals surface area contributed by atoms with Crippen molar-refractivity contribution < 1.29 is 4.74 Å². The Balaban J connectivity index is 2.34. The maximum atomic E-state index is 5.83. The van der Waals surface area contributed by atoms with E-state index in [9.17, 15) is 0 Å². The molecule has 0 saturated carbocycles. The van der Waals surface area contributed by atoms with E-state index in [1.807, 2.05) is 24.3 Å². The Morgan fingerprint density at radius 1 is 0.947 bits per heavy atom.